The smallest absolute Gasteiger partial charge is 0.303 e. The number of nitrogens with one attached hydrogen (secondary N) is 1. The Hall–Kier alpha value is -2.63. The Labute approximate surface area is 202 Å². The highest BCUT2D eigenvalue weighted by Crippen LogP contribution is 2.44. The summed E-state index contributed by atoms with van der Waals surface area (Å²) >= 11 is 1.26. The van der Waals surface area contributed by atoms with Crippen LogP contribution in [0.25, 0.3) is 0 Å². The number of carbonyl (C=O) groups is 4. The number of ether oxygens (including phenoxy) is 4. The van der Waals surface area contributed by atoms with E-state index in [9.17, 15) is 24.3 Å². The van der Waals surface area contributed by atoms with Crippen molar-refractivity contribution in [1.29, 1.82) is 0 Å². The number of esters is 3. The number of hydrogen-bond acceptors (Lipinski definition) is 10. The first-order chi connectivity index (χ1) is 16.0. The van der Waals surface area contributed by atoms with Crippen LogP contribution in [0, 0.1) is 0 Å². The van der Waals surface area contributed by atoms with E-state index < -0.39 is 53.8 Å². The van der Waals surface area contributed by atoms with Crippen LogP contribution in [-0.2, 0) is 38.1 Å². The molecular weight excluding hydrogens is 466 g/mol. The first kappa shape index (κ1) is 27.6. The van der Waals surface area contributed by atoms with Crippen LogP contribution in [0.5, 0.6) is 0 Å². The molecule has 1 saturated heterocycles. The van der Waals surface area contributed by atoms with E-state index in [0.29, 0.717) is 0 Å². The fourth-order valence-corrected chi connectivity index (χ4v) is 4.98. The van der Waals surface area contributed by atoms with Gasteiger partial charge in [-0.05, 0) is 12.1 Å². The minimum Gasteiger partial charge on any atom is -0.462 e. The van der Waals surface area contributed by atoms with Crippen LogP contribution in [-0.4, -0.2) is 71.4 Å². The first-order valence-electron chi connectivity index (χ1n) is 10.8. The lowest BCUT2D eigenvalue weighted by atomic mass is 9.91. The standard InChI is InChI=1S/C23H31NO9S/c1-14(26)24-22-20(10-18(31-16(3)28)12-30-15(2)27)33-23(13-25,11-21(22)32-17(4)29)34-19-8-6-5-7-9-19/h5-9,18,20-22,25H,10-13H2,1-4H3,(H,24,26)/t18-,20-,21-,22-,23?/m0/s1. The molecule has 188 valence electrons. The van der Waals surface area contributed by atoms with Crippen molar-refractivity contribution >= 4 is 35.6 Å². The fraction of sp³-hybridized carbons (Fsp3) is 0.565. The molecular formula is C23H31NO9S. The Morgan fingerprint density at radius 3 is 2.32 bits per heavy atom. The molecule has 0 aromatic heterocycles. The van der Waals surface area contributed by atoms with Crippen molar-refractivity contribution in [2.45, 2.75) is 74.7 Å². The summed E-state index contributed by atoms with van der Waals surface area (Å²) in [5, 5.41) is 13.1. The van der Waals surface area contributed by atoms with Crippen molar-refractivity contribution in [2.75, 3.05) is 13.2 Å². The predicted octanol–water partition coefficient (Wildman–Crippen LogP) is 1.58. The van der Waals surface area contributed by atoms with Crippen LogP contribution < -0.4 is 5.32 Å². The van der Waals surface area contributed by atoms with Crippen LogP contribution in [0.3, 0.4) is 0 Å². The average Bonchev–Trinajstić information content (AvgIpc) is 2.74. The van der Waals surface area contributed by atoms with E-state index in [-0.39, 0.29) is 25.4 Å². The van der Waals surface area contributed by atoms with Gasteiger partial charge in [0.15, 0.2) is 0 Å². The molecule has 11 heteroatoms. The largest absolute Gasteiger partial charge is 0.462 e. The molecule has 2 N–H and O–H groups in total. The molecule has 1 aromatic carbocycles. The zero-order valence-corrected chi connectivity index (χ0v) is 20.5. The molecule has 0 saturated carbocycles. The summed E-state index contributed by atoms with van der Waals surface area (Å²) in [4.78, 5) is 46.4. The third-order valence-corrected chi connectivity index (χ3v) is 6.23. The molecule has 0 bridgehead atoms. The molecule has 5 atom stereocenters. The van der Waals surface area contributed by atoms with Gasteiger partial charge in [0.1, 0.15) is 23.7 Å². The summed E-state index contributed by atoms with van der Waals surface area (Å²) in [6.07, 6.45) is -2.49. The van der Waals surface area contributed by atoms with Crippen LogP contribution >= 0.6 is 11.8 Å². The third-order valence-electron chi connectivity index (χ3n) is 4.95. The number of aliphatic hydroxyl groups excluding tert-OH is 1. The quantitative estimate of drug-likeness (QED) is 0.362. The maximum atomic E-state index is 12.0. The van der Waals surface area contributed by atoms with E-state index in [1.54, 1.807) is 0 Å². The number of thioether (sulfide) groups is 1. The molecule has 1 aromatic rings. The van der Waals surface area contributed by atoms with Gasteiger partial charge in [-0.15, -0.1) is 0 Å². The molecule has 0 aliphatic carbocycles. The van der Waals surface area contributed by atoms with Gasteiger partial charge in [0.2, 0.25) is 5.91 Å². The first-order valence-corrected chi connectivity index (χ1v) is 11.6. The van der Waals surface area contributed by atoms with Gasteiger partial charge >= 0.3 is 17.9 Å². The lowest BCUT2D eigenvalue weighted by Crippen LogP contribution is -2.62. The minimum absolute atomic E-state index is 0.00662. The van der Waals surface area contributed by atoms with E-state index >= 15 is 0 Å². The molecule has 34 heavy (non-hydrogen) atoms. The highest BCUT2D eigenvalue weighted by Gasteiger charge is 2.50. The topological polar surface area (TPSA) is 137 Å². The van der Waals surface area contributed by atoms with Crippen molar-refractivity contribution < 1.29 is 43.2 Å². The lowest BCUT2D eigenvalue weighted by molar-refractivity contribution is -0.187. The molecule has 0 spiro atoms. The SMILES string of the molecule is CC(=O)N[C@@H]1[C@@H](OC(C)=O)CC(CO)(Sc2ccccc2)O[C@H]1C[C@@H](COC(C)=O)OC(C)=O. The molecule has 1 unspecified atom stereocenters. The van der Waals surface area contributed by atoms with Gasteiger partial charge in [0, 0.05) is 45.4 Å². The maximum Gasteiger partial charge on any atom is 0.303 e. The maximum absolute atomic E-state index is 12.0. The van der Waals surface area contributed by atoms with E-state index in [1.807, 2.05) is 30.3 Å². The number of hydrogen-bond donors (Lipinski definition) is 2. The zero-order chi connectivity index (χ0) is 25.3. The summed E-state index contributed by atoms with van der Waals surface area (Å²) in [5.74, 6) is -2.09. The second-order valence-electron chi connectivity index (χ2n) is 7.99. The molecule has 1 amide bonds. The predicted molar refractivity (Wildman–Crippen MR) is 122 cm³/mol. The van der Waals surface area contributed by atoms with Gasteiger partial charge in [-0.1, -0.05) is 30.0 Å². The number of carbonyl (C=O) groups excluding carboxylic acids is 4. The Kier molecular flexibility index (Phi) is 10.3. The van der Waals surface area contributed by atoms with Gasteiger partial charge in [-0.3, -0.25) is 19.2 Å². The Balaban J connectivity index is 2.41. The molecule has 1 aliphatic rings. The molecule has 1 heterocycles. The second-order valence-corrected chi connectivity index (χ2v) is 9.41. The highest BCUT2D eigenvalue weighted by atomic mass is 32.2. The summed E-state index contributed by atoms with van der Waals surface area (Å²) in [6, 6.07) is 8.44. The van der Waals surface area contributed by atoms with Gasteiger partial charge < -0.3 is 29.4 Å². The van der Waals surface area contributed by atoms with Crippen LogP contribution in [0.1, 0.15) is 40.5 Å². The molecule has 1 aliphatic heterocycles. The average molecular weight is 498 g/mol. The Morgan fingerprint density at radius 2 is 1.79 bits per heavy atom. The monoisotopic (exact) mass is 497 g/mol. The molecule has 1 fully saturated rings. The van der Waals surface area contributed by atoms with Crippen molar-refractivity contribution in [3.8, 4) is 0 Å². The number of aliphatic hydroxyl groups is 1. The summed E-state index contributed by atoms with van der Waals surface area (Å²) in [5.41, 5.74) is 0. The van der Waals surface area contributed by atoms with Crippen molar-refractivity contribution in [1.82, 2.24) is 5.32 Å². The highest BCUT2D eigenvalue weighted by molar-refractivity contribution is 8.00. The van der Waals surface area contributed by atoms with Gasteiger partial charge in [0.25, 0.3) is 0 Å². The second kappa shape index (κ2) is 12.7. The fourth-order valence-electron chi connectivity index (χ4n) is 3.77. The Bertz CT molecular complexity index is 865. The summed E-state index contributed by atoms with van der Waals surface area (Å²) in [7, 11) is 0. The van der Waals surface area contributed by atoms with Crippen molar-refractivity contribution in [3.63, 3.8) is 0 Å². The van der Waals surface area contributed by atoms with Crippen molar-refractivity contribution in [2.24, 2.45) is 0 Å². The van der Waals surface area contributed by atoms with Crippen LogP contribution in [0.4, 0.5) is 0 Å². The summed E-state index contributed by atoms with van der Waals surface area (Å²) in [6.45, 7) is 4.37. The van der Waals surface area contributed by atoms with E-state index in [0.717, 1.165) is 4.90 Å². The zero-order valence-electron chi connectivity index (χ0n) is 19.6. The van der Waals surface area contributed by atoms with E-state index in [4.69, 9.17) is 18.9 Å². The normalized spacial score (nSPS) is 25.0. The van der Waals surface area contributed by atoms with Crippen molar-refractivity contribution in [3.05, 3.63) is 30.3 Å². The lowest BCUT2D eigenvalue weighted by Gasteiger charge is -2.47. The summed E-state index contributed by atoms with van der Waals surface area (Å²) < 4.78 is 22.2. The van der Waals surface area contributed by atoms with Gasteiger partial charge in [0.05, 0.1) is 18.8 Å². The number of rotatable bonds is 10. The molecule has 2 rings (SSSR count). The number of benzene rings is 1. The Morgan fingerprint density at radius 1 is 1.12 bits per heavy atom. The van der Waals surface area contributed by atoms with Gasteiger partial charge in [-0.25, -0.2) is 0 Å². The van der Waals surface area contributed by atoms with Crippen LogP contribution in [0.15, 0.2) is 35.2 Å². The minimum atomic E-state index is -1.22. The van der Waals surface area contributed by atoms with Gasteiger partial charge in [-0.2, -0.15) is 0 Å². The molecule has 0 radical (unpaired) electrons. The number of amides is 1. The van der Waals surface area contributed by atoms with E-state index in [1.165, 1.54) is 39.5 Å². The molecule has 10 nitrogen and oxygen atoms in total. The van der Waals surface area contributed by atoms with Crippen LogP contribution in [0.2, 0.25) is 0 Å². The third kappa shape index (κ3) is 8.62. The van der Waals surface area contributed by atoms with E-state index in [2.05, 4.69) is 5.32 Å².